The van der Waals surface area contributed by atoms with E-state index in [0.29, 0.717) is 0 Å². The first-order chi connectivity index (χ1) is 12.2. The van der Waals surface area contributed by atoms with Crippen LogP contribution in [0.2, 0.25) is 0 Å². The van der Waals surface area contributed by atoms with Gasteiger partial charge in [0, 0.05) is 5.56 Å². The van der Waals surface area contributed by atoms with E-state index < -0.39 is 34.2 Å². The maximum absolute atomic E-state index is 12.4. The predicted molar refractivity (Wildman–Crippen MR) is 90.0 cm³/mol. The van der Waals surface area contributed by atoms with Gasteiger partial charge in [-0.25, -0.2) is 8.42 Å². The van der Waals surface area contributed by atoms with Crippen molar-refractivity contribution in [2.75, 3.05) is 11.3 Å². The minimum Gasteiger partial charge on any atom is -0.504 e. The number of carbonyl (C=O) groups excluding carboxylic acids is 1. The third-order valence-corrected chi connectivity index (χ3v) is 4.61. The SMILES string of the molecule is N#Cc1cccc(NS(=O)(=O)c2ccc(C(=O)NCC(=O)O)cc2)c1O. The number of hydrogen-bond donors (Lipinski definition) is 4. The summed E-state index contributed by atoms with van der Waals surface area (Å²) in [6, 6.07) is 10.5. The summed E-state index contributed by atoms with van der Waals surface area (Å²) in [6.07, 6.45) is 0. The molecule has 0 bridgehead atoms. The Balaban J connectivity index is 2.21. The average molecular weight is 375 g/mol. The second-order valence-corrected chi connectivity index (χ2v) is 6.70. The molecule has 0 atom stereocenters. The van der Waals surface area contributed by atoms with E-state index in [0.717, 1.165) is 12.1 Å². The molecule has 0 aliphatic carbocycles. The van der Waals surface area contributed by atoms with Gasteiger partial charge < -0.3 is 15.5 Å². The van der Waals surface area contributed by atoms with Gasteiger partial charge in [-0.1, -0.05) is 6.07 Å². The Morgan fingerprint density at radius 1 is 1.12 bits per heavy atom. The molecule has 0 unspecified atom stereocenters. The number of amides is 1. The van der Waals surface area contributed by atoms with Gasteiger partial charge in [0.25, 0.3) is 15.9 Å². The van der Waals surface area contributed by atoms with E-state index in [2.05, 4.69) is 10.0 Å². The fraction of sp³-hybridized carbons (Fsp3) is 0.0625. The normalized spacial score (nSPS) is 10.6. The molecule has 26 heavy (non-hydrogen) atoms. The highest BCUT2D eigenvalue weighted by Crippen LogP contribution is 2.28. The predicted octanol–water partition coefficient (Wildman–Crippen LogP) is 0.879. The third-order valence-electron chi connectivity index (χ3n) is 3.23. The highest BCUT2D eigenvalue weighted by molar-refractivity contribution is 7.92. The van der Waals surface area contributed by atoms with Gasteiger partial charge in [-0.15, -0.1) is 0 Å². The number of para-hydroxylation sites is 1. The Morgan fingerprint density at radius 3 is 2.35 bits per heavy atom. The van der Waals surface area contributed by atoms with E-state index in [1.807, 2.05) is 0 Å². The van der Waals surface area contributed by atoms with E-state index in [1.54, 1.807) is 6.07 Å². The minimum atomic E-state index is -4.07. The van der Waals surface area contributed by atoms with E-state index in [-0.39, 0.29) is 21.7 Å². The van der Waals surface area contributed by atoms with Gasteiger partial charge in [0.05, 0.1) is 16.1 Å². The zero-order chi connectivity index (χ0) is 19.3. The number of sulfonamides is 1. The van der Waals surface area contributed by atoms with Crippen molar-refractivity contribution in [3.8, 4) is 11.8 Å². The lowest BCUT2D eigenvalue weighted by atomic mass is 10.2. The minimum absolute atomic E-state index is 0.0829. The van der Waals surface area contributed by atoms with Crippen LogP contribution >= 0.6 is 0 Å². The van der Waals surface area contributed by atoms with Crippen LogP contribution in [-0.2, 0) is 14.8 Å². The van der Waals surface area contributed by atoms with Crippen LogP contribution in [0.1, 0.15) is 15.9 Å². The van der Waals surface area contributed by atoms with Crippen LogP contribution in [0, 0.1) is 11.3 Å². The number of carboxylic acid groups (broad SMARTS) is 1. The summed E-state index contributed by atoms with van der Waals surface area (Å²) in [4.78, 5) is 22.0. The first kappa shape index (κ1) is 18.8. The van der Waals surface area contributed by atoms with Crippen molar-refractivity contribution < 1.29 is 28.2 Å². The number of nitrogens with zero attached hydrogens (tertiary/aromatic N) is 1. The monoisotopic (exact) mass is 375 g/mol. The van der Waals surface area contributed by atoms with Crippen LogP contribution in [0.5, 0.6) is 5.75 Å². The molecular weight excluding hydrogens is 362 g/mol. The van der Waals surface area contributed by atoms with Gasteiger partial charge in [-0.3, -0.25) is 14.3 Å². The van der Waals surface area contributed by atoms with Crippen LogP contribution in [-0.4, -0.2) is 37.1 Å². The molecule has 2 aromatic carbocycles. The number of nitriles is 1. The average Bonchev–Trinajstić information content (AvgIpc) is 2.61. The number of carboxylic acids is 1. The number of carbonyl (C=O) groups is 2. The second-order valence-electron chi connectivity index (χ2n) is 5.02. The molecule has 0 heterocycles. The number of anilines is 1. The zero-order valence-corrected chi connectivity index (χ0v) is 13.9. The third kappa shape index (κ3) is 4.28. The lowest BCUT2D eigenvalue weighted by molar-refractivity contribution is -0.135. The van der Waals surface area contributed by atoms with E-state index in [4.69, 9.17) is 10.4 Å². The first-order valence-corrected chi connectivity index (χ1v) is 8.58. The summed E-state index contributed by atoms with van der Waals surface area (Å²) in [5.74, 6) is -2.37. The van der Waals surface area contributed by atoms with Gasteiger partial charge in [0.1, 0.15) is 12.6 Å². The fourth-order valence-electron chi connectivity index (χ4n) is 1.96. The fourth-order valence-corrected chi connectivity index (χ4v) is 3.03. The van der Waals surface area contributed by atoms with Crippen molar-refractivity contribution in [1.82, 2.24) is 5.32 Å². The van der Waals surface area contributed by atoms with Crippen molar-refractivity contribution in [2.24, 2.45) is 0 Å². The number of rotatable bonds is 6. The summed E-state index contributed by atoms with van der Waals surface area (Å²) < 4.78 is 26.9. The van der Waals surface area contributed by atoms with Gasteiger partial charge in [0.15, 0.2) is 5.75 Å². The Kier molecular flexibility index (Phi) is 5.44. The summed E-state index contributed by atoms with van der Waals surface area (Å²) in [6.45, 7) is -0.561. The summed E-state index contributed by atoms with van der Waals surface area (Å²) in [5.41, 5.74) is -0.164. The van der Waals surface area contributed by atoms with Gasteiger partial charge >= 0.3 is 5.97 Å². The molecule has 0 aliphatic heterocycles. The molecule has 0 fully saturated rings. The molecule has 0 saturated heterocycles. The maximum Gasteiger partial charge on any atom is 0.322 e. The van der Waals surface area contributed by atoms with Crippen LogP contribution in [0.3, 0.4) is 0 Å². The largest absolute Gasteiger partial charge is 0.504 e. The molecule has 9 nitrogen and oxygen atoms in total. The van der Waals surface area contributed by atoms with Crippen molar-refractivity contribution in [3.05, 3.63) is 53.6 Å². The topological polar surface area (TPSA) is 157 Å². The molecule has 2 rings (SSSR count). The number of aromatic hydroxyl groups is 1. The number of nitrogens with one attached hydrogen (secondary N) is 2. The summed E-state index contributed by atoms with van der Waals surface area (Å²) >= 11 is 0. The standard InChI is InChI=1S/C16H13N3O6S/c17-8-11-2-1-3-13(15(11)22)19-26(24,25)12-6-4-10(5-7-12)16(23)18-9-14(20)21/h1-7,19,22H,9H2,(H,18,23)(H,20,21). The molecule has 0 saturated carbocycles. The highest BCUT2D eigenvalue weighted by atomic mass is 32.2. The Hall–Kier alpha value is -3.58. The molecular formula is C16H13N3O6S. The number of phenols is 1. The molecule has 2 aromatic rings. The quantitative estimate of drug-likeness (QED) is 0.546. The van der Waals surface area contributed by atoms with Crippen molar-refractivity contribution in [2.45, 2.75) is 4.90 Å². The maximum atomic E-state index is 12.4. The van der Waals surface area contributed by atoms with Crippen molar-refractivity contribution in [3.63, 3.8) is 0 Å². The molecule has 134 valence electrons. The van der Waals surface area contributed by atoms with Crippen LogP contribution in [0.15, 0.2) is 47.4 Å². The summed E-state index contributed by atoms with van der Waals surface area (Å²) in [5, 5.41) is 29.4. The van der Waals surface area contributed by atoms with Gasteiger partial charge in [-0.05, 0) is 36.4 Å². The number of aliphatic carboxylic acids is 1. The Labute approximate surface area is 148 Å². The van der Waals surface area contributed by atoms with E-state index in [1.165, 1.54) is 30.3 Å². The lowest BCUT2D eigenvalue weighted by Crippen LogP contribution is -2.29. The Morgan fingerprint density at radius 2 is 1.77 bits per heavy atom. The molecule has 1 amide bonds. The molecule has 0 aliphatic rings. The molecule has 0 spiro atoms. The van der Waals surface area contributed by atoms with Gasteiger partial charge in [0.2, 0.25) is 0 Å². The zero-order valence-electron chi connectivity index (χ0n) is 13.1. The highest BCUT2D eigenvalue weighted by Gasteiger charge is 2.18. The Bertz CT molecular complexity index is 994. The summed E-state index contributed by atoms with van der Waals surface area (Å²) in [7, 11) is -4.07. The van der Waals surface area contributed by atoms with Gasteiger partial charge in [-0.2, -0.15) is 5.26 Å². The number of hydrogen-bond acceptors (Lipinski definition) is 6. The number of phenolic OH excluding ortho intramolecular Hbond substituents is 1. The lowest BCUT2D eigenvalue weighted by Gasteiger charge is -2.10. The number of benzene rings is 2. The van der Waals surface area contributed by atoms with E-state index in [9.17, 15) is 23.1 Å². The second kappa shape index (κ2) is 7.54. The molecule has 10 heteroatoms. The van der Waals surface area contributed by atoms with Crippen molar-refractivity contribution >= 4 is 27.6 Å². The smallest absolute Gasteiger partial charge is 0.322 e. The van der Waals surface area contributed by atoms with Crippen molar-refractivity contribution in [1.29, 1.82) is 5.26 Å². The van der Waals surface area contributed by atoms with Crippen LogP contribution in [0.4, 0.5) is 5.69 Å². The van der Waals surface area contributed by atoms with E-state index >= 15 is 0 Å². The molecule has 4 N–H and O–H groups in total. The molecule has 0 aromatic heterocycles. The van der Waals surface area contributed by atoms with Crippen LogP contribution in [0.25, 0.3) is 0 Å². The first-order valence-electron chi connectivity index (χ1n) is 7.09. The molecule has 0 radical (unpaired) electrons. The van der Waals surface area contributed by atoms with Crippen LogP contribution < -0.4 is 10.0 Å².